The highest BCUT2D eigenvalue weighted by atomic mass is 14.6. The summed E-state index contributed by atoms with van der Waals surface area (Å²) in [6.45, 7) is 2.16. The maximum absolute atomic E-state index is 6.10. The molecular formula is C14H19N. The molecule has 0 aromatic heterocycles. The molecule has 15 heavy (non-hydrogen) atoms. The molecule has 0 amide bonds. The van der Waals surface area contributed by atoms with E-state index in [0.717, 1.165) is 23.4 Å². The predicted octanol–water partition coefficient (Wildman–Crippen LogP) is 3.48. The van der Waals surface area contributed by atoms with E-state index < -0.39 is 0 Å². The van der Waals surface area contributed by atoms with Crippen LogP contribution in [0.5, 0.6) is 0 Å². The highest BCUT2D eigenvalue weighted by Gasteiger charge is 2.40. The van der Waals surface area contributed by atoms with Crippen molar-refractivity contribution in [1.29, 1.82) is 0 Å². The van der Waals surface area contributed by atoms with Crippen molar-refractivity contribution in [3.8, 4) is 0 Å². The number of fused-ring (bicyclic) bond motifs is 2. The Hall–Kier alpha value is -0.980. The fraction of sp³-hybridized carbons (Fsp3) is 0.571. The summed E-state index contributed by atoms with van der Waals surface area (Å²) >= 11 is 0. The van der Waals surface area contributed by atoms with Crippen molar-refractivity contribution in [1.82, 2.24) is 0 Å². The van der Waals surface area contributed by atoms with Gasteiger partial charge in [0.2, 0.25) is 0 Å². The lowest BCUT2D eigenvalue weighted by Crippen LogP contribution is -2.10. The third-order valence-corrected chi connectivity index (χ3v) is 4.38. The van der Waals surface area contributed by atoms with Gasteiger partial charge in [0.05, 0.1) is 0 Å². The minimum Gasteiger partial charge on any atom is -0.398 e. The summed E-state index contributed by atoms with van der Waals surface area (Å²) in [6.07, 6.45) is 5.74. The maximum Gasteiger partial charge on any atom is 0.0349 e. The van der Waals surface area contributed by atoms with Gasteiger partial charge in [-0.05, 0) is 55.6 Å². The Balaban J connectivity index is 1.96. The largest absolute Gasteiger partial charge is 0.398 e. The van der Waals surface area contributed by atoms with Crippen molar-refractivity contribution in [2.45, 2.75) is 38.5 Å². The lowest BCUT2D eigenvalue weighted by molar-refractivity contribution is 0.421. The molecule has 80 valence electrons. The molecule has 0 aliphatic heterocycles. The summed E-state index contributed by atoms with van der Waals surface area (Å²) in [4.78, 5) is 0. The Bertz CT molecular complexity index is 383. The summed E-state index contributed by atoms with van der Waals surface area (Å²) in [6, 6.07) is 6.50. The zero-order valence-electron chi connectivity index (χ0n) is 9.37. The minimum absolute atomic E-state index is 0.767. The van der Waals surface area contributed by atoms with Crippen LogP contribution in [-0.2, 0) is 0 Å². The van der Waals surface area contributed by atoms with Gasteiger partial charge in [-0.3, -0.25) is 0 Å². The van der Waals surface area contributed by atoms with E-state index in [0.29, 0.717) is 0 Å². The molecule has 3 rings (SSSR count). The van der Waals surface area contributed by atoms with Gasteiger partial charge in [0.1, 0.15) is 0 Å². The second kappa shape index (κ2) is 3.26. The normalized spacial score (nSPS) is 33.5. The molecule has 1 aromatic rings. The van der Waals surface area contributed by atoms with E-state index in [2.05, 4.69) is 25.1 Å². The van der Waals surface area contributed by atoms with Crippen LogP contribution in [0.15, 0.2) is 18.2 Å². The second-order valence-electron chi connectivity index (χ2n) is 5.41. The zero-order valence-corrected chi connectivity index (χ0v) is 9.37. The number of nitrogen functional groups attached to an aromatic ring is 1. The summed E-state index contributed by atoms with van der Waals surface area (Å²) < 4.78 is 0. The molecular weight excluding hydrogens is 182 g/mol. The maximum atomic E-state index is 6.10. The van der Waals surface area contributed by atoms with Gasteiger partial charge < -0.3 is 5.73 Å². The number of hydrogen-bond acceptors (Lipinski definition) is 1. The van der Waals surface area contributed by atoms with Crippen molar-refractivity contribution in [3.63, 3.8) is 0 Å². The van der Waals surface area contributed by atoms with Gasteiger partial charge in [0.25, 0.3) is 0 Å². The molecule has 2 aliphatic rings. The van der Waals surface area contributed by atoms with Crippen molar-refractivity contribution >= 4 is 5.69 Å². The smallest absolute Gasteiger partial charge is 0.0349 e. The monoisotopic (exact) mass is 201 g/mol. The lowest BCUT2D eigenvalue weighted by Gasteiger charge is -2.23. The van der Waals surface area contributed by atoms with Crippen molar-refractivity contribution in [2.24, 2.45) is 11.8 Å². The summed E-state index contributed by atoms with van der Waals surface area (Å²) in [5.74, 6) is 2.70. The zero-order chi connectivity index (χ0) is 10.4. The van der Waals surface area contributed by atoms with E-state index in [1.807, 2.05) is 0 Å². The number of hydrogen-bond donors (Lipinski definition) is 1. The highest BCUT2D eigenvalue weighted by molar-refractivity contribution is 5.51. The van der Waals surface area contributed by atoms with E-state index in [9.17, 15) is 0 Å². The van der Waals surface area contributed by atoms with E-state index in [4.69, 9.17) is 5.73 Å². The number of aryl methyl sites for hydroxylation is 1. The molecule has 1 aromatic carbocycles. The lowest BCUT2D eigenvalue weighted by atomic mass is 9.82. The van der Waals surface area contributed by atoms with Crippen molar-refractivity contribution in [2.75, 3.05) is 5.73 Å². The van der Waals surface area contributed by atoms with Gasteiger partial charge in [-0.15, -0.1) is 0 Å². The van der Waals surface area contributed by atoms with E-state index in [-0.39, 0.29) is 0 Å². The first kappa shape index (κ1) is 9.26. The molecule has 2 N–H and O–H groups in total. The number of nitrogens with two attached hydrogens (primary N) is 1. The van der Waals surface area contributed by atoms with E-state index >= 15 is 0 Å². The molecule has 0 saturated heterocycles. The molecule has 1 heteroatoms. The van der Waals surface area contributed by atoms with Crippen molar-refractivity contribution in [3.05, 3.63) is 29.3 Å². The van der Waals surface area contributed by atoms with Crippen LogP contribution < -0.4 is 5.73 Å². The molecule has 0 unspecified atom stereocenters. The molecule has 1 nitrogen and oxygen atoms in total. The van der Waals surface area contributed by atoms with Crippen LogP contribution in [-0.4, -0.2) is 0 Å². The van der Waals surface area contributed by atoms with Crippen LogP contribution in [0.3, 0.4) is 0 Å². The third kappa shape index (κ3) is 1.45. The fourth-order valence-electron chi connectivity index (χ4n) is 3.64. The predicted molar refractivity (Wildman–Crippen MR) is 63.8 cm³/mol. The second-order valence-corrected chi connectivity index (χ2v) is 5.41. The van der Waals surface area contributed by atoms with Gasteiger partial charge in [0, 0.05) is 5.69 Å². The number of anilines is 1. The summed E-state index contributed by atoms with van der Waals surface area (Å²) in [5.41, 5.74) is 9.89. The van der Waals surface area contributed by atoms with Crippen LogP contribution in [0, 0.1) is 18.8 Å². The molecule has 2 bridgehead atoms. The Labute approximate surface area is 91.7 Å². The standard InChI is InChI=1S/C14H19N/c1-9-2-5-14(15)13(6-9)12-8-10-3-4-11(12)7-10/h2,5-6,10-12H,3-4,7-8,15H2,1H3/t10-,11+,12+/m1/s1. The fourth-order valence-corrected chi connectivity index (χ4v) is 3.64. The molecule has 0 heterocycles. The van der Waals surface area contributed by atoms with E-state index in [1.165, 1.54) is 36.8 Å². The molecule has 2 aliphatic carbocycles. The quantitative estimate of drug-likeness (QED) is 0.692. The van der Waals surface area contributed by atoms with Gasteiger partial charge in [-0.2, -0.15) is 0 Å². The van der Waals surface area contributed by atoms with Crippen LogP contribution in [0.25, 0.3) is 0 Å². The van der Waals surface area contributed by atoms with Crippen LogP contribution in [0.2, 0.25) is 0 Å². The van der Waals surface area contributed by atoms with Crippen molar-refractivity contribution < 1.29 is 0 Å². The topological polar surface area (TPSA) is 26.0 Å². The average Bonchev–Trinajstić information content (AvgIpc) is 2.83. The number of benzene rings is 1. The van der Waals surface area contributed by atoms with Crippen LogP contribution >= 0.6 is 0 Å². The van der Waals surface area contributed by atoms with Gasteiger partial charge >= 0.3 is 0 Å². The Morgan fingerprint density at radius 3 is 2.73 bits per heavy atom. The molecule has 3 atom stereocenters. The summed E-state index contributed by atoms with van der Waals surface area (Å²) in [7, 11) is 0. The van der Waals surface area contributed by atoms with Gasteiger partial charge in [-0.25, -0.2) is 0 Å². The third-order valence-electron chi connectivity index (χ3n) is 4.38. The van der Waals surface area contributed by atoms with Crippen LogP contribution in [0.1, 0.15) is 42.7 Å². The first-order valence-corrected chi connectivity index (χ1v) is 6.10. The van der Waals surface area contributed by atoms with Gasteiger partial charge in [-0.1, -0.05) is 24.1 Å². The molecule has 0 radical (unpaired) electrons. The van der Waals surface area contributed by atoms with E-state index in [1.54, 1.807) is 0 Å². The Morgan fingerprint density at radius 1 is 1.20 bits per heavy atom. The summed E-state index contributed by atoms with van der Waals surface area (Å²) in [5, 5.41) is 0. The molecule has 2 fully saturated rings. The molecule has 2 saturated carbocycles. The SMILES string of the molecule is Cc1ccc(N)c([C@H]2C[C@@H]3CC[C@H]2C3)c1. The molecule has 0 spiro atoms. The first-order valence-electron chi connectivity index (χ1n) is 6.10. The average molecular weight is 201 g/mol. The Morgan fingerprint density at radius 2 is 2.07 bits per heavy atom. The van der Waals surface area contributed by atoms with Gasteiger partial charge in [0.15, 0.2) is 0 Å². The first-order chi connectivity index (χ1) is 7.24. The number of rotatable bonds is 1. The minimum atomic E-state index is 0.767. The van der Waals surface area contributed by atoms with Crippen LogP contribution in [0.4, 0.5) is 5.69 Å². The Kier molecular flexibility index (Phi) is 2.01. The highest BCUT2D eigenvalue weighted by Crippen LogP contribution is 2.53.